The van der Waals surface area contributed by atoms with Crippen LogP contribution >= 0.6 is 0 Å². The van der Waals surface area contributed by atoms with Crippen LogP contribution in [0.15, 0.2) is 42.7 Å². The lowest BCUT2D eigenvalue weighted by atomic mass is 10.0. The van der Waals surface area contributed by atoms with Gasteiger partial charge in [0.15, 0.2) is 0 Å². The molecule has 0 radical (unpaired) electrons. The maximum atomic E-state index is 2.65. The summed E-state index contributed by atoms with van der Waals surface area (Å²) < 4.78 is 0. The van der Waals surface area contributed by atoms with Crippen LogP contribution in [0.1, 0.15) is 161 Å². The lowest BCUT2D eigenvalue weighted by Crippen LogP contribution is -2.38. The predicted molar refractivity (Wildman–Crippen MR) is 165 cm³/mol. The van der Waals surface area contributed by atoms with Crippen molar-refractivity contribution >= 4 is 0 Å². The quantitative estimate of drug-likeness (QED) is 0.121. The molecule has 0 spiro atoms. The summed E-state index contributed by atoms with van der Waals surface area (Å²) in [7, 11) is 0. The van der Waals surface area contributed by atoms with Gasteiger partial charge in [-0.05, 0) is 24.8 Å². The molecule has 1 unspecified atom stereocenters. The van der Waals surface area contributed by atoms with Crippen LogP contribution in [-0.2, 0) is 6.54 Å². The van der Waals surface area contributed by atoms with Crippen molar-refractivity contribution in [1.29, 1.82) is 0 Å². The van der Waals surface area contributed by atoms with E-state index in [1.807, 2.05) is 0 Å². The zero-order valence-corrected chi connectivity index (χ0v) is 25.0. The Kier molecular flexibility index (Phi) is 19.4. The van der Waals surface area contributed by atoms with Gasteiger partial charge in [-0.15, -0.1) is 0 Å². The number of rotatable bonds is 25. The normalized spacial score (nSPS) is 15.2. The van der Waals surface area contributed by atoms with E-state index in [1.165, 1.54) is 153 Å². The van der Waals surface area contributed by atoms with Crippen LogP contribution in [0.5, 0.6) is 0 Å². The van der Waals surface area contributed by atoms with E-state index in [0.717, 1.165) is 6.54 Å². The molecule has 1 aliphatic heterocycles. The molecule has 2 rings (SSSR count). The lowest BCUT2D eigenvalue weighted by molar-refractivity contribution is 0.132. The molecule has 1 heterocycles. The van der Waals surface area contributed by atoms with Crippen molar-refractivity contribution in [3.8, 4) is 0 Å². The number of hydrogen-bond donors (Lipinski definition) is 0. The standard InChI is InChI=1S/C35H62N2/c1-3-5-7-9-11-12-13-14-15-16-17-19-21-26-30-36-31-32-37(33-34-27-23-22-24-28-34)35(36)29-25-20-18-10-8-6-4-2/h22-24,27-28,31-32,35H,3-21,25-26,29-30,33H2,1-2H3. The molecule has 0 aromatic heterocycles. The van der Waals surface area contributed by atoms with Gasteiger partial charge in [0.2, 0.25) is 0 Å². The number of nitrogens with zero attached hydrogens (tertiary/aromatic N) is 2. The van der Waals surface area contributed by atoms with Crippen LogP contribution in [0.3, 0.4) is 0 Å². The third-order valence-corrected chi connectivity index (χ3v) is 8.26. The van der Waals surface area contributed by atoms with Gasteiger partial charge in [0.25, 0.3) is 0 Å². The molecule has 1 aromatic rings. The van der Waals surface area contributed by atoms with E-state index in [2.05, 4.69) is 66.4 Å². The Hall–Kier alpha value is -1.44. The third kappa shape index (κ3) is 15.5. The van der Waals surface area contributed by atoms with E-state index in [1.54, 1.807) is 0 Å². The summed E-state index contributed by atoms with van der Waals surface area (Å²) in [5.41, 5.74) is 1.43. The first kappa shape index (κ1) is 31.8. The molecular formula is C35H62N2. The molecule has 1 aromatic carbocycles. The van der Waals surface area contributed by atoms with Crippen LogP contribution in [0, 0.1) is 0 Å². The molecule has 0 saturated heterocycles. The fraction of sp³-hybridized carbons (Fsp3) is 0.771. The van der Waals surface area contributed by atoms with Gasteiger partial charge in [-0.1, -0.05) is 166 Å². The second-order valence-electron chi connectivity index (χ2n) is 11.7. The first-order valence-electron chi connectivity index (χ1n) is 16.6. The SMILES string of the molecule is CCCCCCCCCCCCCCCCN1C=CN(Cc2ccccc2)C1CCCCCCCCC. The minimum absolute atomic E-state index is 0.554. The van der Waals surface area contributed by atoms with E-state index < -0.39 is 0 Å². The number of unbranched alkanes of at least 4 members (excludes halogenated alkanes) is 19. The summed E-state index contributed by atoms with van der Waals surface area (Å²) in [5, 5.41) is 0. The van der Waals surface area contributed by atoms with Crippen molar-refractivity contribution < 1.29 is 0 Å². The highest BCUT2D eigenvalue weighted by atomic mass is 15.4. The third-order valence-electron chi connectivity index (χ3n) is 8.26. The fourth-order valence-electron chi connectivity index (χ4n) is 5.84. The highest BCUT2D eigenvalue weighted by Gasteiger charge is 2.25. The molecule has 212 valence electrons. The minimum Gasteiger partial charge on any atom is -0.356 e. The van der Waals surface area contributed by atoms with Crippen molar-refractivity contribution in [2.75, 3.05) is 6.54 Å². The van der Waals surface area contributed by atoms with Gasteiger partial charge in [0, 0.05) is 25.5 Å². The van der Waals surface area contributed by atoms with E-state index in [9.17, 15) is 0 Å². The van der Waals surface area contributed by atoms with Gasteiger partial charge < -0.3 is 9.80 Å². The first-order valence-corrected chi connectivity index (χ1v) is 16.6. The zero-order valence-electron chi connectivity index (χ0n) is 25.0. The molecular weight excluding hydrogens is 448 g/mol. The van der Waals surface area contributed by atoms with Crippen molar-refractivity contribution in [3.63, 3.8) is 0 Å². The summed E-state index contributed by atoms with van der Waals surface area (Å²) in [6.45, 7) is 6.87. The Labute approximate surface area is 232 Å². The van der Waals surface area contributed by atoms with Crippen LogP contribution < -0.4 is 0 Å². The molecule has 0 bridgehead atoms. The Morgan fingerprint density at radius 3 is 1.43 bits per heavy atom. The molecule has 37 heavy (non-hydrogen) atoms. The highest BCUT2D eigenvalue weighted by Crippen LogP contribution is 2.25. The van der Waals surface area contributed by atoms with Crippen LogP contribution in [0.4, 0.5) is 0 Å². The lowest BCUT2D eigenvalue weighted by Gasteiger charge is -2.33. The van der Waals surface area contributed by atoms with Crippen molar-refractivity contribution in [2.24, 2.45) is 0 Å². The average molecular weight is 511 g/mol. The van der Waals surface area contributed by atoms with Crippen molar-refractivity contribution in [3.05, 3.63) is 48.3 Å². The fourth-order valence-corrected chi connectivity index (χ4v) is 5.84. The maximum Gasteiger partial charge on any atom is 0.101 e. The Bertz CT molecular complexity index is 640. The summed E-state index contributed by atoms with van der Waals surface area (Å²) in [6.07, 6.45) is 36.4. The van der Waals surface area contributed by atoms with Crippen LogP contribution in [0.2, 0.25) is 0 Å². The van der Waals surface area contributed by atoms with E-state index >= 15 is 0 Å². The van der Waals surface area contributed by atoms with Gasteiger partial charge in [-0.3, -0.25) is 0 Å². The van der Waals surface area contributed by atoms with Gasteiger partial charge in [0.05, 0.1) is 0 Å². The Morgan fingerprint density at radius 1 is 0.486 bits per heavy atom. The van der Waals surface area contributed by atoms with Gasteiger partial charge >= 0.3 is 0 Å². The molecule has 2 nitrogen and oxygen atoms in total. The van der Waals surface area contributed by atoms with Crippen molar-refractivity contribution in [1.82, 2.24) is 9.80 Å². The van der Waals surface area contributed by atoms with Crippen LogP contribution in [-0.4, -0.2) is 22.5 Å². The topological polar surface area (TPSA) is 6.48 Å². The van der Waals surface area contributed by atoms with E-state index in [0.29, 0.717) is 6.17 Å². The largest absolute Gasteiger partial charge is 0.356 e. The molecule has 0 N–H and O–H groups in total. The average Bonchev–Trinajstić information content (AvgIpc) is 3.29. The first-order chi connectivity index (χ1) is 18.3. The molecule has 2 heteroatoms. The maximum absolute atomic E-state index is 2.65. The monoisotopic (exact) mass is 510 g/mol. The van der Waals surface area contributed by atoms with Crippen LogP contribution in [0.25, 0.3) is 0 Å². The zero-order chi connectivity index (χ0) is 26.2. The second kappa shape index (κ2) is 22.5. The van der Waals surface area contributed by atoms with Gasteiger partial charge in [-0.25, -0.2) is 0 Å². The van der Waals surface area contributed by atoms with Gasteiger partial charge in [-0.2, -0.15) is 0 Å². The smallest absolute Gasteiger partial charge is 0.101 e. The summed E-state index contributed by atoms with van der Waals surface area (Å²) in [5.74, 6) is 0. The molecule has 0 saturated carbocycles. The molecule has 0 fully saturated rings. The highest BCUT2D eigenvalue weighted by molar-refractivity contribution is 5.16. The van der Waals surface area contributed by atoms with E-state index in [4.69, 9.17) is 0 Å². The number of benzene rings is 1. The molecule has 1 atom stereocenters. The summed E-state index contributed by atoms with van der Waals surface area (Å²) >= 11 is 0. The second-order valence-corrected chi connectivity index (χ2v) is 11.7. The van der Waals surface area contributed by atoms with Gasteiger partial charge in [0.1, 0.15) is 6.17 Å². The summed E-state index contributed by atoms with van der Waals surface area (Å²) in [4.78, 5) is 5.25. The summed E-state index contributed by atoms with van der Waals surface area (Å²) in [6, 6.07) is 11.0. The number of hydrogen-bond acceptors (Lipinski definition) is 2. The van der Waals surface area contributed by atoms with E-state index in [-0.39, 0.29) is 0 Å². The molecule has 1 aliphatic rings. The molecule has 0 amide bonds. The predicted octanol–water partition coefficient (Wildman–Crippen LogP) is 11.2. The minimum atomic E-state index is 0.554. The Balaban J connectivity index is 1.57. The Morgan fingerprint density at radius 2 is 0.919 bits per heavy atom. The molecule has 0 aliphatic carbocycles. The van der Waals surface area contributed by atoms with Crippen molar-refractivity contribution in [2.45, 2.75) is 168 Å².